The fraction of sp³-hybridized carbons (Fsp3) is 0.917. The van der Waals surface area contributed by atoms with Crippen molar-refractivity contribution in [2.45, 2.75) is 43.5 Å². The van der Waals surface area contributed by atoms with Crippen molar-refractivity contribution in [3.05, 3.63) is 0 Å². The van der Waals surface area contributed by atoms with Gasteiger partial charge in [0.05, 0.1) is 17.1 Å². The van der Waals surface area contributed by atoms with Crippen LogP contribution in [0.3, 0.4) is 0 Å². The summed E-state index contributed by atoms with van der Waals surface area (Å²) in [6.45, 7) is 0.0648. The van der Waals surface area contributed by atoms with Crippen LogP contribution < -0.4 is 0 Å². The standard InChI is InChI=1S/C12H18F3NO4S/c13-12(14,15)9-1-3-10(4-2-9)21(19,20)16-6-5-8(7-16)11(17)18/h8-10H,1-7H2,(H,17,18). The third kappa shape index (κ3) is 3.50. The molecular weight excluding hydrogens is 311 g/mol. The molecule has 1 atom stereocenters. The van der Waals surface area contributed by atoms with Gasteiger partial charge in [0.1, 0.15) is 0 Å². The van der Waals surface area contributed by atoms with Gasteiger partial charge in [0.25, 0.3) is 0 Å². The van der Waals surface area contributed by atoms with Crippen LogP contribution in [-0.4, -0.2) is 48.3 Å². The molecule has 122 valence electrons. The number of alkyl halides is 3. The van der Waals surface area contributed by atoms with Gasteiger partial charge in [-0.15, -0.1) is 0 Å². The molecule has 2 fully saturated rings. The van der Waals surface area contributed by atoms with Crippen molar-refractivity contribution in [2.24, 2.45) is 11.8 Å². The maximum Gasteiger partial charge on any atom is 0.391 e. The molecule has 1 unspecified atom stereocenters. The van der Waals surface area contributed by atoms with E-state index in [-0.39, 0.29) is 45.2 Å². The number of sulfonamides is 1. The Hall–Kier alpha value is -0.830. The van der Waals surface area contributed by atoms with Crippen LogP contribution in [0.4, 0.5) is 13.2 Å². The van der Waals surface area contributed by atoms with E-state index in [0.717, 1.165) is 4.31 Å². The highest BCUT2D eigenvalue weighted by molar-refractivity contribution is 7.89. The summed E-state index contributed by atoms with van der Waals surface area (Å²) in [6.07, 6.45) is -4.39. The van der Waals surface area contributed by atoms with Crippen molar-refractivity contribution >= 4 is 16.0 Å². The molecule has 1 aliphatic carbocycles. The Morgan fingerprint density at radius 3 is 2.10 bits per heavy atom. The van der Waals surface area contributed by atoms with E-state index in [1.807, 2.05) is 0 Å². The number of nitrogens with zero attached hydrogens (tertiary/aromatic N) is 1. The van der Waals surface area contributed by atoms with Crippen LogP contribution in [0.1, 0.15) is 32.1 Å². The summed E-state index contributed by atoms with van der Waals surface area (Å²) in [5.74, 6) is -3.17. The summed E-state index contributed by atoms with van der Waals surface area (Å²) < 4.78 is 63.6. The van der Waals surface area contributed by atoms with Gasteiger partial charge in [-0.1, -0.05) is 0 Å². The lowest BCUT2D eigenvalue weighted by atomic mass is 9.88. The average molecular weight is 329 g/mol. The highest BCUT2D eigenvalue weighted by atomic mass is 32.2. The Kier molecular flexibility index (Phi) is 4.53. The topological polar surface area (TPSA) is 74.7 Å². The molecule has 0 bridgehead atoms. The fourth-order valence-electron chi connectivity index (χ4n) is 3.06. The molecule has 5 nitrogen and oxygen atoms in total. The van der Waals surface area contributed by atoms with E-state index in [1.54, 1.807) is 0 Å². The molecule has 0 aromatic carbocycles. The molecule has 2 aliphatic rings. The van der Waals surface area contributed by atoms with Crippen LogP contribution in [0, 0.1) is 11.8 Å². The number of carboxylic acids is 1. The SMILES string of the molecule is O=C(O)C1CCN(S(=O)(=O)C2CCC(C(F)(F)F)CC2)C1. The minimum absolute atomic E-state index is 0.0131. The third-order valence-electron chi connectivity index (χ3n) is 4.42. The Bertz CT molecular complexity index is 497. The van der Waals surface area contributed by atoms with E-state index in [0.29, 0.717) is 0 Å². The first-order chi connectivity index (χ1) is 9.62. The van der Waals surface area contributed by atoms with Gasteiger partial charge >= 0.3 is 12.1 Å². The summed E-state index contributed by atoms with van der Waals surface area (Å²) in [5, 5.41) is 8.07. The number of halogens is 3. The zero-order valence-electron chi connectivity index (χ0n) is 11.3. The normalized spacial score (nSPS) is 32.2. The molecular formula is C12H18F3NO4S. The number of carboxylic acid groups (broad SMARTS) is 1. The molecule has 21 heavy (non-hydrogen) atoms. The van der Waals surface area contributed by atoms with Crippen LogP contribution in [-0.2, 0) is 14.8 Å². The third-order valence-corrected chi connectivity index (χ3v) is 6.78. The zero-order valence-corrected chi connectivity index (χ0v) is 12.2. The van der Waals surface area contributed by atoms with Gasteiger partial charge in [-0.25, -0.2) is 12.7 Å². The summed E-state index contributed by atoms with van der Waals surface area (Å²) in [6, 6.07) is 0. The quantitative estimate of drug-likeness (QED) is 0.857. The van der Waals surface area contributed by atoms with Gasteiger partial charge in [-0.2, -0.15) is 13.2 Å². The molecule has 0 spiro atoms. The average Bonchev–Trinajstić information content (AvgIpc) is 2.88. The largest absolute Gasteiger partial charge is 0.481 e. The monoisotopic (exact) mass is 329 g/mol. The lowest BCUT2D eigenvalue weighted by Gasteiger charge is -2.31. The summed E-state index contributed by atoms with van der Waals surface area (Å²) in [4.78, 5) is 10.9. The highest BCUT2D eigenvalue weighted by Crippen LogP contribution is 2.40. The molecule has 1 N–H and O–H groups in total. The lowest BCUT2D eigenvalue weighted by molar-refractivity contribution is -0.181. The van der Waals surface area contributed by atoms with E-state index in [9.17, 15) is 26.4 Å². The van der Waals surface area contributed by atoms with Gasteiger partial charge < -0.3 is 5.11 Å². The van der Waals surface area contributed by atoms with E-state index >= 15 is 0 Å². The molecule has 2 rings (SSSR count). The van der Waals surface area contributed by atoms with Crippen LogP contribution in [0.5, 0.6) is 0 Å². The maximum atomic E-state index is 12.6. The number of aliphatic carboxylic acids is 1. The van der Waals surface area contributed by atoms with Crippen molar-refractivity contribution in [3.63, 3.8) is 0 Å². The first-order valence-corrected chi connectivity index (χ1v) is 8.41. The fourth-order valence-corrected chi connectivity index (χ4v) is 5.10. The first kappa shape index (κ1) is 16.5. The van der Waals surface area contributed by atoms with E-state index in [4.69, 9.17) is 5.11 Å². The number of rotatable bonds is 3. The second kappa shape index (κ2) is 5.75. The molecule has 0 aromatic rings. The molecule has 0 aromatic heterocycles. The minimum atomic E-state index is -4.27. The highest BCUT2D eigenvalue weighted by Gasteiger charge is 2.46. The molecule has 1 saturated carbocycles. The number of hydrogen-bond donors (Lipinski definition) is 1. The van der Waals surface area contributed by atoms with Gasteiger partial charge in [-0.3, -0.25) is 4.79 Å². The summed E-state index contributed by atoms with van der Waals surface area (Å²) in [7, 11) is -3.69. The first-order valence-electron chi connectivity index (χ1n) is 6.91. The van der Waals surface area contributed by atoms with Gasteiger partial charge in [0.15, 0.2) is 0 Å². The Morgan fingerprint density at radius 1 is 1.10 bits per heavy atom. The van der Waals surface area contributed by atoms with Crippen molar-refractivity contribution in [1.29, 1.82) is 0 Å². The predicted molar refractivity (Wildman–Crippen MR) is 68.0 cm³/mol. The van der Waals surface area contributed by atoms with Crippen LogP contribution in [0.2, 0.25) is 0 Å². The van der Waals surface area contributed by atoms with Crippen molar-refractivity contribution in [3.8, 4) is 0 Å². The maximum absolute atomic E-state index is 12.6. The lowest BCUT2D eigenvalue weighted by Crippen LogP contribution is -2.41. The van der Waals surface area contributed by atoms with Crippen molar-refractivity contribution in [2.75, 3.05) is 13.1 Å². The second-order valence-corrected chi connectivity index (χ2v) is 7.96. The van der Waals surface area contributed by atoms with Crippen LogP contribution in [0.15, 0.2) is 0 Å². The van der Waals surface area contributed by atoms with Gasteiger partial charge in [0, 0.05) is 13.1 Å². The summed E-state index contributed by atoms with van der Waals surface area (Å²) >= 11 is 0. The smallest absolute Gasteiger partial charge is 0.391 e. The molecule has 1 saturated heterocycles. The molecule has 1 aliphatic heterocycles. The van der Waals surface area contributed by atoms with Crippen LogP contribution in [0.25, 0.3) is 0 Å². The van der Waals surface area contributed by atoms with Gasteiger partial charge in [0.2, 0.25) is 10.0 Å². The van der Waals surface area contributed by atoms with E-state index < -0.39 is 39.3 Å². The minimum Gasteiger partial charge on any atom is -0.481 e. The summed E-state index contributed by atoms with van der Waals surface area (Å²) in [5.41, 5.74) is 0. The van der Waals surface area contributed by atoms with Gasteiger partial charge in [-0.05, 0) is 32.1 Å². The van der Waals surface area contributed by atoms with Crippen molar-refractivity contribution < 1.29 is 31.5 Å². The Morgan fingerprint density at radius 2 is 1.67 bits per heavy atom. The van der Waals surface area contributed by atoms with E-state index in [1.165, 1.54) is 0 Å². The number of carbonyl (C=O) groups is 1. The molecule has 1 heterocycles. The van der Waals surface area contributed by atoms with Crippen molar-refractivity contribution in [1.82, 2.24) is 4.31 Å². The Balaban J connectivity index is 1.98. The Labute approximate surface area is 121 Å². The van der Waals surface area contributed by atoms with E-state index in [2.05, 4.69) is 0 Å². The van der Waals surface area contributed by atoms with Crippen LogP contribution >= 0.6 is 0 Å². The predicted octanol–water partition coefficient (Wildman–Crippen LogP) is 1.84. The zero-order chi connectivity index (χ0) is 15.8. The number of hydrogen-bond acceptors (Lipinski definition) is 3. The molecule has 0 radical (unpaired) electrons. The molecule has 9 heteroatoms. The molecule has 0 amide bonds. The second-order valence-electron chi connectivity index (χ2n) is 5.74.